The Morgan fingerprint density at radius 3 is 2.59 bits per heavy atom. The van der Waals surface area contributed by atoms with Crippen LogP contribution in [0, 0.1) is 6.92 Å². The molecule has 1 amide bonds. The van der Waals surface area contributed by atoms with E-state index in [1.54, 1.807) is 24.4 Å². The van der Waals surface area contributed by atoms with Crippen LogP contribution in [-0.2, 0) is 6.18 Å². The molecule has 2 aromatic heterocycles. The van der Waals surface area contributed by atoms with Gasteiger partial charge in [0, 0.05) is 40.8 Å². The van der Waals surface area contributed by atoms with Gasteiger partial charge >= 0.3 is 6.18 Å². The highest BCUT2D eigenvalue weighted by Crippen LogP contribution is 2.32. The molecule has 2 aromatic carbocycles. The molecular weight excluding hydrogens is 481 g/mol. The lowest BCUT2D eigenvalue weighted by atomic mass is 10.1. The Kier molecular flexibility index (Phi) is 6.47. The fraction of sp³-hybridized carbons (Fsp3) is 0.185. The first kappa shape index (κ1) is 24.2. The number of pyridine rings is 1. The van der Waals surface area contributed by atoms with Crippen LogP contribution in [-0.4, -0.2) is 26.9 Å². The lowest BCUT2D eigenvalue weighted by Crippen LogP contribution is -2.13. The van der Waals surface area contributed by atoms with Gasteiger partial charge in [0.15, 0.2) is 0 Å². The van der Waals surface area contributed by atoms with Crippen molar-refractivity contribution < 1.29 is 18.0 Å². The number of amides is 1. The van der Waals surface area contributed by atoms with Crippen molar-refractivity contribution in [3.63, 3.8) is 0 Å². The number of nitrogens with zero attached hydrogens (tertiary/aromatic N) is 3. The van der Waals surface area contributed by atoms with Gasteiger partial charge in [-0.3, -0.25) is 4.79 Å². The van der Waals surface area contributed by atoms with Gasteiger partial charge in [0.25, 0.3) is 5.91 Å². The summed E-state index contributed by atoms with van der Waals surface area (Å²) >= 11 is 0. The molecule has 0 radical (unpaired) electrons. The lowest BCUT2D eigenvalue weighted by molar-refractivity contribution is -0.137. The average Bonchev–Trinajstić information content (AvgIpc) is 3.69. The molecule has 0 aliphatic heterocycles. The Hall–Kier alpha value is -4.47. The van der Waals surface area contributed by atoms with E-state index in [9.17, 15) is 18.0 Å². The van der Waals surface area contributed by atoms with Crippen molar-refractivity contribution in [3.8, 4) is 11.3 Å². The van der Waals surface area contributed by atoms with E-state index in [1.807, 2.05) is 25.1 Å². The summed E-state index contributed by atoms with van der Waals surface area (Å²) in [5.41, 5.74) is 2.42. The second-order valence-electron chi connectivity index (χ2n) is 8.79. The summed E-state index contributed by atoms with van der Waals surface area (Å²) < 4.78 is 39.1. The molecule has 0 unspecified atom stereocenters. The van der Waals surface area contributed by atoms with Crippen LogP contribution in [0.5, 0.6) is 0 Å². The van der Waals surface area contributed by atoms with Crippen LogP contribution in [0.15, 0.2) is 73.2 Å². The first-order valence-corrected chi connectivity index (χ1v) is 11.7. The minimum atomic E-state index is -4.50. The zero-order valence-electron chi connectivity index (χ0n) is 19.8. The van der Waals surface area contributed by atoms with E-state index in [1.165, 1.54) is 18.5 Å². The summed E-state index contributed by atoms with van der Waals surface area (Å²) in [5.74, 6) is 0.749. The van der Waals surface area contributed by atoms with Crippen molar-refractivity contribution >= 4 is 28.9 Å². The highest BCUT2D eigenvalue weighted by Gasteiger charge is 2.30. The lowest BCUT2D eigenvalue weighted by Gasteiger charge is -2.15. The predicted molar refractivity (Wildman–Crippen MR) is 136 cm³/mol. The van der Waals surface area contributed by atoms with Gasteiger partial charge in [0.05, 0.1) is 11.3 Å². The van der Waals surface area contributed by atoms with Crippen LogP contribution in [0.25, 0.3) is 11.3 Å². The van der Waals surface area contributed by atoms with Gasteiger partial charge in [-0.25, -0.2) is 15.0 Å². The van der Waals surface area contributed by atoms with E-state index >= 15 is 0 Å². The van der Waals surface area contributed by atoms with Gasteiger partial charge in [-0.15, -0.1) is 0 Å². The first-order chi connectivity index (χ1) is 17.8. The molecule has 37 heavy (non-hydrogen) atoms. The van der Waals surface area contributed by atoms with Crippen LogP contribution < -0.4 is 16.0 Å². The van der Waals surface area contributed by atoms with Crippen molar-refractivity contribution in [3.05, 3.63) is 89.9 Å². The van der Waals surface area contributed by atoms with Gasteiger partial charge in [0.2, 0.25) is 0 Å². The molecule has 0 saturated heterocycles. The number of benzene rings is 2. The number of alkyl halides is 3. The summed E-state index contributed by atoms with van der Waals surface area (Å²) in [6, 6.07) is 15.5. The summed E-state index contributed by atoms with van der Waals surface area (Å²) in [6.45, 7) is 1.88. The number of rotatable bonds is 7. The SMILES string of the molecule is Cc1ccc(C(=O)Nc2cccc(C(F)(F)F)c2)cc1Nc1ncccc1-c1cc(NC2CC2)ncn1. The topological polar surface area (TPSA) is 91.8 Å². The maximum Gasteiger partial charge on any atom is 0.416 e. The highest BCUT2D eigenvalue weighted by molar-refractivity contribution is 6.05. The molecule has 4 aromatic rings. The smallest absolute Gasteiger partial charge is 0.367 e. The third-order valence-corrected chi connectivity index (χ3v) is 5.88. The molecular formula is C27H23F3N6O. The average molecular weight is 505 g/mol. The van der Waals surface area contributed by atoms with E-state index in [-0.39, 0.29) is 11.3 Å². The molecule has 1 aliphatic carbocycles. The van der Waals surface area contributed by atoms with Crippen molar-refractivity contribution in [2.45, 2.75) is 32.0 Å². The number of aromatic nitrogens is 3. The van der Waals surface area contributed by atoms with Crippen molar-refractivity contribution in [2.75, 3.05) is 16.0 Å². The monoisotopic (exact) mass is 504 g/mol. The van der Waals surface area contributed by atoms with Crippen LogP contribution in [0.2, 0.25) is 0 Å². The van der Waals surface area contributed by atoms with Crippen molar-refractivity contribution in [1.29, 1.82) is 0 Å². The first-order valence-electron chi connectivity index (χ1n) is 11.7. The molecule has 188 valence electrons. The van der Waals surface area contributed by atoms with Crippen LogP contribution in [0.4, 0.5) is 36.2 Å². The number of hydrogen-bond donors (Lipinski definition) is 3. The molecule has 0 bridgehead atoms. The van der Waals surface area contributed by atoms with Gasteiger partial charge in [-0.1, -0.05) is 12.1 Å². The fourth-order valence-corrected chi connectivity index (χ4v) is 3.73. The molecule has 1 fully saturated rings. The molecule has 1 saturated carbocycles. The molecule has 0 spiro atoms. The summed E-state index contributed by atoms with van der Waals surface area (Å²) in [6.07, 6.45) is 0.892. The Balaban J connectivity index is 1.38. The van der Waals surface area contributed by atoms with Gasteiger partial charge in [-0.05, 0) is 67.8 Å². The number of carbonyl (C=O) groups is 1. The van der Waals surface area contributed by atoms with E-state index in [0.29, 0.717) is 23.2 Å². The quantitative estimate of drug-likeness (QED) is 0.268. The third kappa shape index (κ3) is 5.85. The molecule has 1 aliphatic rings. The number of halogens is 3. The summed E-state index contributed by atoms with van der Waals surface area (Å²) in [4.78, 5) is 26.0. The predicted octanol–water partition coefficient (Wildman–Crippen LogP) is 6.44. The minimum absolute atomic E-state index is 0.0568. The van der Waals surface area contributed by atoms with Crippen molar-refractivity contribution in [2.24, 2.45) is 0 Å². The maximum atomic E-state index is 13.0. The Bertz CT molecular complexity index is 1450. The Labute approximate surface area is 211 Å². The van der Waals surface area contributed by atoms with Crippen LogP contribution in [0.3, 0.4) is 0 Å². The molecule has 2 heterocycles. The number of hydrogen-bond acceptors (Lipinski definition) is 6. The zero-order chi connectivity index (χ0) is 26.0. The normalized spacial score (nSPS) is 13.2. The third-order valence-electron chi connectivity index (χ3n) is 5.88. The van der Waals surface area contributed by atoms with Crippen LogP contribution >= 0.6 is 0 Å². The van der Waals surface area contributed by atoms with Crippen LogP contribution in [0.1, 0.15) is 34.3 Å². The van der Waals surface area contributed by atoms with E-state index in [0.717, 1.165) is 41.9 Å². The standard InChI is InChI=1S/C27H23F3N6O/c1-16-7-8-17(26(37)35-20-5-2-4-18(13-20)27(28,29)30)12-22(16)36-25-21(6-3-11-31-25)23-14-24(33-15-32-23)34-19-9-10-19/h2-8,11-15,19H,9-10H2,1H3,(H,31,36)(H,35,37)(H,32,33,34). The maximum absolute atomic E-state index is 13.0. The molecule has 3 N–H and O–H groups in total. The second-order valence-corrected chi connectivity index (χ2v) is 8.79. The van der Waals surface area contributed by atoms with Gasteiger partial charge in [0.1, 0.15) is 18.0 Å². The summed E-state index contributed by atoms with van der Waals surface area (Å²) in [7, 11) is 0. The number of nitrogens with one attached hydrogen (secondary N) is 3. The van der Waals surface area contributed by atoms with Gasteiger partial charge in [-0.2, -0.15) is 13.2 Å². The summed E-state index contributed by atoms with van der Waals surface area (Å²) in [5, 5.41) is 9.18. The minimum Gasteiger partial charge on any atom is -0.367 e. The van der Waals surface area contributed by atoms with Gasteiger partial charge < -0.3 is 16.0 Å². The Morgan fingerprint density at radius 1 is 0.973 bits per heavy atom. The van der Waals surface area contributed by atoms with E-state index in [4.69, 9.17) is 0 Å². The number of aryl methyl sites for hydroxylation is 1. The fourth-order valence-electron chi connectivity index (χ4n) is 3.73. The molecule has 7 nitrogen and oxygen atoms in total. The Morgan fingerprint density at radius 2 is 1.81 bits per heavy atom. The molecule has 5 rings (SSSR count). The molecule has 0 atom stereocenters. The number of anilines is 4. The highest BCUT2D eigenvalue weighted by atomic mass is 19.4. The van der Waals surface area contributed by atoms with E-state index in [2.05, 4.69) is 30.9 Å². The molecule has 10 heteroatoms. The van der Waals surface area contributed by atoms with E-state index < -0.39 is 17.6 Å². The zero-order valence-corrected chi connectivity index (χ0v) is 19.8. The largest absolute Gasteiger partial charge is 0.416 e. The second kappa shape index (κ2) is 9.88. The van der Waals surface area contributed by atoms with Crippen molar-refractivity contribution in [1.82, 2.24) is 15.0 Å². The number of carbonyl (C=O) groups excluding carboxylic acids is 1.